The van der Waals surface area contributed by atoms with Gasteiger partial charge in [-0.3, -0.25) is 4.79 Å². The zero-order chi connectivity index (χ0) is 13.8. The SMILES string of the molecule is COc1cc(Cl)c(C(=O)N2CCNCC2)cc1OC. The lowest BCUT2D eigenvalue weighted by molar-refractivity contribution is 0.0735. The van der Waals surface area contributed by atoms with Crippen LogP contribution in [0.5, 0.6) is 11.5 Å². The van der Waals surface area contributed by atoms with Crippen molar-refractivity contribution >= 4 is 17.5 Å². The Morgan fingerprint density at radius 2 is 1.79 bits per heavy atom. The van der Waals surface area contributed by atoms with Crippen LogP contribution in [0.3, 0.4) is 0 Å². The van der Waals surface area contributed by atoms with Crippen LogP contribution in [0.2, 0.25) is 5.02 Å². The first-order valence-electron chi connectivity index (χ1n) is 6.09. The molecule has 19 heavy (non-hydrogen) atoms. The van der Waals surface area contributed by atoms with Crippen molar-refractivity contribution < 1.29 is 14.3 Å². The third kappa shape index (κ3) is 2.93. The van der Waals surface area contributed by atoms with Crippen LogP contribution in [-0.2, 0) is 0 Å². The lowest BCUT2D eigenvalue weighted by atomic mass is 10.1. The lowest BCUT2D eigenvalue weighted by Crippen LogP contribution is -2.46. The Labute approximate surface area is 117 Å². The van der Waals surface area contributed by atoms with Crippen molar-refractivity contribution in [3.8, 4) is 11.5 Å². The molecule has 1 aromatic rings. The minimum absolute atomic E-state index is 0.0764. The average Bonchev–Trinajstić information content (AvgIpc) is 2.47. The summed E-state index contributed by atoms with van der Waals surface area (Å²) in [6.45, 7) is 2.97. The maximum absolute atomic E-state index is 12.4. The highest BCUT2D eigenvalue weighted by Crippen LogP contribution is 2.33. The van der Waals surface area contributed by atoms with E-state index in [1.54, 1.807) is 17.0 Å². The molecule has 1 saturated heterocycles. The molecule has 6 heteroatoms. The molecule has 104 valence electrons. The first-order valence-corrected chi connectivity index (χ1v) is 6.46. The molecule has 2 rings (SSSR count). The van der Waals surface area contributed by atoms with Crippen LogP contribution in [0.25, 0.3) is 0 Å². The second kappa shape index (κ2) is 6.12. The zero-order valence-corrected chi connectivity index (χ0v) is 11.8. The standard InChI is InChI=1S/C13H17ClN2O3/c1-18-11-7-9(10(14)8-12(11)19-2)13(17)16-5-3-15-4-6-16/h7-8,15H,3-6H2,1-2H3. The number of hydrogen-bond donors (Lipinski definition) is 1. The van der Waals surface area contributed by atoms with E-state index in [1.165, 1.54) is 14.2 Å². The Morgan fingerprint density at radius 1 is 1.21 bits per heavy atom. The maximum Gasteiger partial charge on any atom is 0.255 e. The number of hydrogen-bond acceptors (Lipinski definition) is 4. The Hall–Kier alpha value is -1.46. The van der Waals surface area contributed by atoms with E-state index in [0.717, 1.165) is 13.1 Å². The fourth-order valence-corrected chi connectivity index (χ4v) is 2.29. The summed E-state index contributed by atoms with van der Waals surface area (Å²) in [5.41, 5.74) is 0.446. The van der Waals surface area contributed by atoms with E-state index in [-0.39, 0.29) is 5.91 Å². The molecular formula is C13H17ClN2O3. The van der Waals surface area contributed by atoms with Crippen molar-refractivity contribution in [2.75, 3.05) is 40.4 Å². The third-order valence-corrected chi connectivity index (χ3v) is 3.42. The molecule has 0 spiro atoms. The second-order valence-corrected chi connectivity index (χ2v) is 4.64. The van der Waals surface area contributed by atoms with Crippen LogP contribution in [-0.4, -0.2) is 51.2 Å². The van der Waals surface area contributed by atoms with Gasteiger partial charge >= 0.3 is 0 Å². The molecule has 0 bridgehead atoms. The molecule has 0 atom stereocenters. The van der Waals surface area contributed by atoms with Gasteiger partial charge in [0.15, 0.2) is 11.5 Å². The van der Waals surface area contributed by atoms with Gasteiger partial charge < -0.3 is 19.7 Å². The van der Waals surface area contributed by atoms with Crippen molar-refractivity contribution in [1.29, 1.82) is 0 Å². The summed E-state index contributed by atoms with van der Waals surface area (Å²) < 4.78 is 10.4. The number of piperazine rings is 1. The topological polar surface area (TPSA) is 50.8 Å². The molecule has 1 N–H and O–H groups in total. The Balaban J connectivity index is 2.30. The zero-order valence-electron chi connectivity index (χ0n) is 11.0. The predicted molar refractivity (Wildman–Crippen MR) is 73.3 cm³/mol. The molecule has 0 aromatic heterocycles. The summed E-state index contributed by atoms with van der Waals surface area (Å²) in [6.07, 6.45) is 0. The fourth-order valence-electron chi connectivity index (χ4n) is 2.06. The van der Waals surface area contributed by atoms with Crippen molar-refractivity contribution in [2.45, 2.75) is 0 Å². The summed E-state index contributed by atoms with van der Waals surface area (Å²) in [6, 6.07) is 3.24. The Morgan fingerprint density at radius 3 is 2.37 bits per heavy atom. The van der Waals surface area contributed by atoms with Crippen molar-refractivity contribution in [3.63, 3.8) is 0 Å². The first kappa shape index (κ1) is 14.0. The number of halogens is 1. The molecule has 1 heterocycles. The maximum atomic E-state index is 12.4. The summed E-state index contributed by atoms with van der Waals surface area (Å²) in [4.78, 5) is 14.2. The summed E-state index contributed by atoms with van der Waals surface area (Å²) >= 11 is 6.15. The molecule has 1 aliphatic rings. The number of rotatable bonds is 3. The van der Waals surface area contributed by atoms with Crippen LogP contribution in [0.15, 0.2) is 12.1 Å². The number of ether oxygens (including phenoxy) is 2. The molecule has 0 unspecified atom stereocenters. The Bertz CT molecular complexity index is 473. The number of amides is 1. The van der Waals surface area contributed by atoms with E-state index < -0.39 is 0 Å². The van der Waals surface area contributed by atoms with Gasteiger partial charge in [0.25, 0.3) is 5.91 Å². The largest absolute Gasteiger partial charge is 0.493 e. The van der Waals surface area contributed by atoms with E-state index in [0.29, 0.717) is 35.2 Å². The Kier molecular flexibility index (Phi) is 4.50. The highest BCUT2D eigenvalue weighted by Gasteiger charge is 2.22. The first-order chi connectivity index (χ1) is 9.17. The smallest absolute Gasteiger partial charge is 0.255 e. The van der Waals surface area contributed by atoms with E-state index in [4.69, 9.17) is 21.1 Å². The van der Waals surface area contributed by atoms with Crippen molar-refractivity contribution in [1.82, 2.24) is 10.2 Å². The third-order valence-electron chi connectivity index (χ3n) is 3.11. The van der Waals surface area contributed by atoms with Gasteiger partial charge in [-0.15, -0.1) is 0 Å². The van der Waals surface area contributed by atoms with Crippen molar-refractivity contribution in [2.24, 2.45) is 0 Å². The molecule has 0 aliphatic carbocycles. The van der Waals surface area contributed by atoms with E-state index in [2.05, 4.69) is 5.32 Å². The minimum Gasteiger partial charge on any atom is -0.493 e. The highest BCUT2D eigenvalue weighted by molar-refractivity contribution is 6.34. The van der Waals surface area contributed by atoms with Crippen LogP contribution < -0.4 is 14.8 Å². The van der Waals surface area contributed by atoms with Crippen LogP contribution in [0, 0.1) is 0 Å². The second-order valence-electron chi connectivity index (χ2n) is 4.23. The minimum atomic E-state index is -0.0764. The van der Waals surface area contributed by atoms with Gasteiger partial charge in [-0.05, 0) is 6.07 Å². The molecule has 1 aliphatic heterocycles. The number of carbonyl (C=O) groups is 1. The molecule has 0 saturated carbocycles. The van der Waals surface area contributed by atoms with Gasteiger partial charge in [-0.1, -0.05) is 11.6 Å². The number of benzene rings is 1. The summed E-state index contributed by atoms with van der Waals surface area (Å²) in [5, 5.41) is 3.58. The number of nitrogens with zero attached hydrogens (tertiary/aromatic N) is 1. The monoisotopic (exact) mass is 284 g/mol. The molecular weight excluding hydrogens is 268 g/mol. The molecule has 0 radical (unpaired) electrons. The van der Waals surface area contributed by atoms with Gasteiger partial charge in [-0.2, -0.15) is 0 Å². The summed E-state index contributed by atoms with van der Waals surface area (Å²) in [7, 11) is 3.07. The quantitative estimate of drug-likeness (QED) is 0.912. The van der Waals surface area contributed by atoms with Crippen LogP contribution in [0.1, 0.15) is 10.4 Å². The number of methoxy groups -OCH3 is 2. The normalized spacial score (nSPS) is 15.2. The molecule has 5 nitrogen and oxygen atoms in total. The van der Waals surface area contributed by atoms with E-state index >= 15 is 0 Å². The number of nitrogens with one attached hydrogen (secondary N) is 1. The van der Waals surface area contributed by atoms with E-state index in [1.807, 2.05) is 0 Å². The van der Waals surface area contributed by atoms with Crippen LogP contribution in [0.4, 0.5) is 0 Å². The summed E-state index contributed by atoms with van der Waals surface area (Å²) in [5.74, 6) is 0.946. The van der Waals surface area contributed by atoms with Gasteiger partial charge in [0, 0.05) is 32.2 Å². The predicted octanol–water partition coefficient (Wildman–Crippen LogP) is 1.40. The highest BCUT2D eigenvalue weighted by atomic mass is 35.5. The fraction of sp³-hybridized carbons (Fsp3) is 0.462. The van der Waals surface area contributed by atoms with Gasteiger partial charge in [0.1, 0.15) is 0 Å². The van der Waals surface area contributed by atoms with Gasteiger partial charge in [0.05, 0.1) is 24.8 Å². The molecule has 1 fully saturated rings. The van der Waals surface area contributed by atoms with Crippen molar-refractivity contribution in [3.05, 3.63) is 22.7 Å². The number of carbonyl (C=O) groups excluding carboxylic acids is 1. The average molecular weight is 285 g/mol. The van der Waals surface area contributed by atoms with Gasteiger partial charge in [0.2, 0.25) is 0 Å². The van der Waals surface area contributed by atoms with E-state index in [9.17, 15) is 4.79 Å². The molecule has 1 aromatic carbocycles. The molecule has 1 amide bonds. The van der Waals surface area contributed by atoms with Crippen LogP contribution >= 0.6 is 11.6 Å². The van der Waals surface area contributed by atoms with Gasteiger partial charge in [-0.25, -0.2) is 0 Å². The lowest BCUT2D eigenvalue weighted by Gasteiger charge is -2.28.